The largest absolute Gasteiger partial charge is 0.379 e. The molecular weight excluding hydrogens is 310 g/mol. The highest BCUT2D eigenvalue weighted by atomic mass is 16.5. The molecule has 7 nitrogen and oxygen atoms in total. The van der Waals surface area contributed by atoms with E-state index in [2.05, 4.69) is 10.2 Å². The number of amides is 3. The predicted octanol–water partition coefficient (Wildman–Crippen LogP) is 0.365. The minimum Gasteiger partial charge on any atom is -0.379 e. The van der Waals surface area contributed by atoms with Crippen LogP contribution in [0.15, 0.2) is 18.2 Å². The molecule has 0 aliphatic carbocycles. The van der Waals surface area contributed by atoms with Crippen LogP contribution in [0.3, 0.4) is 0 Å². The quantitative estimate of drug-likeness (QED) is 0.623. The van der Waals surface area contributed by atoms with Crippen molar-refractivity contribution < 1.29 is 19.1 Å². The second-order valence-corrected chi connectivity index (χ2v) is 5.99. The number of benzene rings is 1. The minimum atomic E-state index is -0.364. The van der Waals surface area contributed by atoms with Crippen LogP contribution in [0, 0.1) is 0 Å². The lowest BCUT2D eigenvalue weighted by atomic mass is 10.1. The highest BCUT2D eigenvalue weighted by molar-refractivity contribution is 6.21. The molecule has 0 bridgehead atoms. The molecule has 0 aromatic heterocycles. The first-order valence-electron chi connectivity index (χ1n) is 8.12. The van der Waals surface area contributed by atoms with Gasteiger partial charge in [0.05, 0.1) is 24.3 Å². The van der Waals surface area contributed by atoms with Gasteiger partial charge in [0.2, 0.25) is 0 Å². The zero-order valence-electron chi connectivity index (χ0n) is 13.7. The van der Waals surface area contributed by atoms with E-state index < -0.39 is 0 Å². The first-order chi connectivity index (χ1) is 11.6. The van der Waals surface area contributed by atoms with Crippen LogP contribution in [-0.2, 0) is 4.74 Å². The molecule has 0 atom stereocenters. The van der Waals surface area contributed by atoms with E-state index in [0.717, 1.165) is 44.2 Å². The van der Waals surface area contributed by atoms with Gasteiger partial charge in [-0.1, -0.05) is 0 Å². The molecular formula is C17H21N3O4. The normalized spacial score (nSPS) is 18.0. The number of carbonyl (C=O) groups excluding carboxylic acids is 3. The molecule has 1 aromatic carbocycles. The number of ether oxygens (including phenoxy) is 1. The highest BCUT2D eigenvalue weighted by Gasteiger charge is 2.33. The highest BCUT2D eigenvalue weighted by Crippen LogP contribution is 2.22. The zero-order valence-corrected chi connectivity index (χ0v) is 13.7. The lowest BCUT2D eigenvalue weighted by molar-refractivity contribution is 0.0374. The Bertz CT molecular complexity index is 668. The maximum Gasteiger partial charge on any atom is 0.261 e. The molecule has 0 radical (unpaired) electrons. The second kappa shape index (κ2) is 7.11. The van der Waals surface area contributed by atoms with E-state index in [1.54, 1.807) is 12.1 Å². The fraction of sp³-hybridized carbons (Fsp3) is 0.471. The lowest BCUT2D eigenvalue weighted by Gasteiger charge is -2.26. The van der Waals surface area contributed by atoms with Gasteiger partial charge in [0.15, 0.2) is 0 Å². The van der Waals surface area contributed by atoms with Gasteiger partial charge in [-0.15, -0.1) is 0 Å². The average Bonchev–Trinajstić information content (AvgIpc) is 2.83. The number of imide groups is 1. The molecule has 0 spiro atoms. The molecule has 1 N–H and O–H groups in total. The number of morpholine rings is 1. The molecule has 0 unspecified atom stereocenters. The minimum absolute atomic E-state index is 0.227. The predicted molar refractivity (Wildman–Crippen MR) is 87.1 cm³/mol. The van der Waals surface area contributed by atoms with Crippen molar-refractivity contribution in [1.82, 2.24) is 15.1 Å². The van der Waals surface area contributed by atoms with Gasteiger partial charge in [-0.2, -0.15) is 0 Å². The Morgan fingerprint density at radius 2 is 1.88 bits per heavy atom. The molecule has 128 valence electrons. The van der Waals surface area contributed by atoms with Crippen LogP contribution in [-0.4, -0.2) is 74.0 Å². The summed E-state index contributed by atoms with van der Waals surface area (Å²) in [6.07, 6.45) is 0.858. The number of carbonyl (C=O) groups is 3. The number of fused-ring (bicyclic) bond motifs is 1. The van der Waals surface area contributed by atoms with Gasteiger partial charge < -0.3 is 10.1 Å². The molecule has 1 fully saturated rings. The lowest BCUT2D eigenvalue weighted by Crippen LogP contribution is -2.38. The van der Waals surface area contributed by atoms with Gasteiger partial charge in [-0.3, -0.25) is 24.2 Å². The van der Waals surface area contributed by atoms with E-state index in [1.165, 1.54) is 13.1 Å². The number of rotatable bonds is 5. The van der Waals surface area contributed by atoms with Crippen molar-refractivity contribution in [1.29, 1.82) is 0 Å². The molecule has 1 saturated heterocycles. The summed E-state index contributed by atoms with van der Waals surface area (Å²) in [4.78, 5) is 39.4. The van der Waals surface area contributed by atoms with Crippen molar-refractivity contribution in [2.24, 2.45) is 0 Å². The summed E-state index contributed by atoms with van der Waals surface area (Å²) in [6.45, 7) is 4.89. The monoisotopic (exact) mass is 331 g/mol. The van der Waals surface area contributed by atoms with E-state index >= 15 is 0 Å². The van der Waals surface area contributed by atoms with E-state index in [-0.39, 0.29) is 17.7 Å². The Balaban J connectivity index is 1.52. The Kier molecular flexibility index (Phi) is 4.92. The van der Waals surface area contributed by atoms with Crippen molar-refractivity contribution in [3.8, 4) is 0 Å². The molecule has 2 aliphatic heterocycles. The molecule has 7 heteroatoms. The Morgan fingerprint density at radius 3 is 2.62 bits per heavy atom. The number of nitrogens with one attached hydrogen (secondary N) is 1. The smallest absolute Gasteiger partial charge is 0.261 e. The number of hydrogen-bond donors (Lipinski definition) is 1. The Morgan fingerprint density at radius 1 is 1.17 bits per heavy atom. The Labute approximate surface area is 140 Å². The SMILES string of the molecule is CN1C(=O)c2ccc(C(=O)NCCCN3CCOCC3)cc2C1=O. The van der Waals surface area contributed by atoms with Gasteiger partial charge >= 0.3 is 0 Å². The van der Waals surface area contributed by atoms with Crippen LogP contribution in [0.4, 0.5) is 0 Å². The van der Waals surface area contributed by atoms with Crippen LogP contribution < -0.4 is 5.32 Å². The first kappa shape index (κ1) is 16.6. The molecule has 3 amide bonds. The van der Waals surface area contributed by atoms with Crippen molar-refractivity contribution in [2.75, 3.05) is 46.4 Å². The third kappa shape index (κ3) is 3.32. The van der Waals surface area contributed by atoms with Gasteiger partial charge in [-0.25, -0.2) is 0 Å². The molecule has 1 aromatic rings. The van der Waals surface area contributed by atoms with E-state index in [1.807, 2.05) is 0 Å². The van der Waals surface area contributed by atoms with Crippen LogP contribution in [0.5, 0.6) is 0 Å². The average molecular weight is 331 g/mol. The summed E-state index contributed by atoms with van der Waals surface area (Å²) in [5.74, 6) is -0.918. The fourth-order valence-corrected chi connectivity index (χ4v) is 2.93. The van der Waals surface area contributed by atoms with Crippen molar-refractivity contribution in [3.63, 3.8) is 0 Å². The third-order valence-corrected chi connectivity index (χ3v) is 4.39. The molecule has 0 saturated carbocycles. The summed E-state index contributed by atoms with van der Waals surface area (Å²) < 4.78 is 5.30. The molecule has 3 rings (SSSR count). The van der Waals surface area contributed by atoms with E-state index in [9.17, 15) is 14.4 Å². The fourth-order valence-electron chi connectivity index (χ4n) is 2.93. The van der Waals surface area contributed by atoms with Crippen molar-refractivity contribution >= 4 is 17.7 Å². The summed E-state index contributed by atoms with van der Waals surface area (Å²) in [6, 6.07) is 4.62. The maximum atomic E-state index is 12.2. The van der Waals surface area contributed by atoms with Crippen LogP contribution in [0.25, 0.3) is 0 Å². The van der Waals surface area contributed by atoms with Gasteiger partial charge in [-0.05, 0) is 31.2 Å². The zero-order chi connectivity index (χ0) is 17.1. The summed E-state index contributed by atoms with van der Waals surface area (Å²) in [5.41, 5.74) is 1.05. The standard InChI is InChI=1S/C17H21N3O4/c1-19-16(22)13-4-3-12(11-14(13)17(19)23)15(21)18-5-2-6-20-7-9-24-10-8-20/h3-4,11H,2,5-10H2,1H3,(H,18,21). The second-order valence-electron chi connectivity index (χ2n) is 5.99. The number of nitrogens with zero attached hydrogens (tertiary/aromatic N) is 2. The van der Waals surface area contributed by atoms with E-state index in [4.69, 9.17) is 4.74 Å². The van der Waals surface area contributed by atoms with Crippen molar-refractivity contribution in [2.45, 2.75) is 6.42 Å². The molecule has 2 heterocycles. The Hall–Kier alpha value is -2.25. The van der Waals surface area contributed by atoms with Gasteiger partial charge in [0.25, 0.3) is 17.7 Å². The van der Waals surface area contributed by atoms with Gasteiger partial charge in [0, 0.05) is 32.2 Å². The van der Waals surface area contributed by atoms with Crippen LogP contribution in [0.1, 0.15) is 37.5 Å². The maximum absolute atomic E-state index is 12.2. The van der Waals surface area contributed by atoms with Crippen LogP contribution in [0.2, 0.25) is 0 Å². The molecule has 2 aliphatic rings. The summed E-state index contributed by atoms with van der Waals surface area (Å²) in [5, 5.41) is 2.86. The third-order valence-electron chi connectivity index (χ3n) is 4.39. The summed E-state index contributed by atoms with van der Waals surface area (Å²) in [7, 11) is 1.44. The molecule has 24 heavy (non-hydrogen) atoms. The van der Waals surface area contributed by atoms with Crippen molar-refractivity contribution in [3.05, 3.63) is 34.9 Å². The van der Waals surface area contributed by atoms with E-state index in [0.29, 0.717) is 23.2 Å². The van der Waals surface area contributed by atoms with Crippen LogP contribution >= 0.6 is 0 Å². The topological polar surface area (TPSA) is 79.0 Å². The first-order valence-corrected chi connectivity index (χ1v) is 8.12. The number of hydrogen-bond acceptors (Lipinski definition) is 5. The van der Waals surface area contributed by atoms with Gasteiger partial charge in [0.1, 0.15) is 0 Å². The summed E-state index contributed by atoms with van der Waals surface area (Å²) >= 11 is 0.